The van der Waals surface area contributed by atoms with Gasteiger partial charge in [-0.1, -0.05) is 18.2 Å². The molecule has 0 bridgehead atoms. The molecule has 0 saturated heterocycles. The zero-order valence-corrected chi connectivity index (χ0v) is 14.1. The normalized spacial score (nSPS) is 12.1. The van der Waals surface area contributed by atoms with Crippen molar-refractivity contribution in [1.82, 2.24) is 15.1 Å². The number of urea groups is 1. The molecule has 25 heavy (non-hydrogen) atoms. The van der Waals surface area contributed by atoms with Crippen molar-refractivity contribution in [3.05, 3.63) is 54.7 Å². The summed E-state index contributed by atoms with van der Waals surface area (Å²) in [5.74, 6) is 0. The Kier molecular flexibility index (Phi) is 5.30. The van der Waals surface area contributed by atoms with Gasteiger partial charge in [0, 0.05) is 23.7 Å². The minimum absolute atomic E-state index is 0.0156. The minimum Gasteiger partial charge on any atom is -0.396 e. The van der Waals surface area contributed by atoms with Crippen LogP contribution in [0.25, 0.3) is 16.6 Å². The molecule has 0 aliphatic rings. The molecule has 6 heteroatoms. The van der Waals surface area contributed by atoms with Gasteiger partial charge in [0.1, 0.15) is 0 Å². The number of hydrogen-bond donors (Lipinski definition) is 3. The van der Waals surface area contributed by atoms with E-state index >= 15 is 0 Å². The fourth-order valence-electron chi connectivity index (χ4n) is 2.72. The first-order valence-electron chi connectivity index (χ1n) is 8.39. The maximum Gasteiger partial charge on any atom is 0.319 e. The van der Waals surface area contributed by atoms with Crippen molar-refractivity contribution >= 4 is 22.6 Å². The third kappa shape index (κ3) is 4.16. The molecule has 3 N–H and O–H groups in total. The van der Waals surface area contributed by atoms with Crippen LogP contribution in [0.1, 0.15) is 19.8 Å². The predicted molar refractivity (Wildman–Crippen MR) is 99.0 cm³/mol. The molecule has 3 aromatic rings. The molecule has 0 saturated carbocycles. The van der Waals surface area contributed by atoms with E-state index in [1.54, 1.807) is 0 Å². The fraction of sp³-hybridized carbons (Fsp3) is 0.263. The number of carbonyl (C=O) groups excluding carboxylic acids is 1. The van der Waals surface area contributed by atoms with Crippen molar-refractivity contribution in [2.75, 3.05) is 11.9 Å². The van der Waals surface area contributed by atoms with Gasteiger partial charge in [0.05, 0.1) is 17.4 Å². The number of anilines is 1. The Balaban J connectivity index is 1.65. The van der Waals surface area contributed by atoms with Crippen LogP contribution >= 0.6 is 0 Å². The van der Waals surface area contributed by atoms with Crippen LogP contribution in [-0.2, 0) is 0 Å². The average molecular weight is 338 g/mol. The molecule has 0 fully saturated rings. The van der Waals surface area contributed by atoms with Gasteiger partial charge in [-0.05, 0) is 50.1 Å². The van der Waals surface area contributed by atoms with Gasteiger partial charge in [-0.15, -0.1) is 0 Å². The van der Waals surface area contributed by atoms with Crippen molar-refractivity contribution in [3.63, 3.8) is 0 Å². The van der Waals surface area contributed by atoms with Gasteiger partial charge in [0.25, 0.3) is 0 Å². The molecule has 0 aliphatic carbocycles. The first-order chi connectivity index (χ1) is 12.2. The zero-order chi connectivity index (χ0) is 17.6. The van der Waals surface area contributed by atoms with Crippen LogP contribution in [-0.4, -0.2) is 33.6 Å². The maximum absolute atomic E-state index is 12.0. The second-order valence-corrected chi connectivity index (χ2v) is 6.03. The van der Waals surface area contributed by atoms with Gasteiger partial charge in [0.15, 0.2) is 0 Å². The van der Waals surface area contributed by atoms with E-state index in [2.05, 4.69) is 15.7 Å². The Hall–Kier alpha value is -2.86. The first kappa shape index (κ1) is 17.0. The largest absolute Gasteiger partial charge is 0.396 e. The van der Waals surface area contributed by atoms with Gasteiger partial charge in [-0.25, -0.2) is 9.48 Å². The van der Waals surface area contributed by atoms with Gasteiger partial charge in [-0.3, -0.25) is 0 Å². The Morgan fingerprint density at radius 1 is 1.20 bits per heavy atom. The molecule has 6 nitrogen and oxygen atoms in total. The molecule has 0 unspecified atom stereocenters. The third-order valence-corrected chi connectivity index (χ3v) is 4.02. The lowest BCUT2D eigenvalue weighted by Crippen LogP contribution is -2.36. The summed E-state index contributed by atoms with van der Waals surface area (Å²) in [6.07, 6.45) is 3.26. The van der Waals surface area contributed by atoms with Crippen LogP contribution in [0, 0.1) is 0 Å². The van der Waals surface area contributed by atoms with E-state index in [1.807, 2.05) is 66.3 Å². The maximum atomic E-state index is 12.0. The predicted octanol–water partition coefficient (Wildman–Crippen LogP) is 3.31. The van der Waals surface area contributed by atoms with Gasteiger partial charge >= 0.3 is 6.03 Å². The SMILES string of the molecule is C[C@H](CCCO)NC(=O)Nc1ccc(-n2ncc3ccccc32)cc1. The average Bonchev–Trinajstić information content (AvgIpc) is 3.04. The molecule has 130 valence electrons. The van der Waals surface area contributed by atoms with Crippen molar-refractivity contribution in [1.29, 1.82) is 0 Å². The highest BCUT2D eigenvalue weighted by atomic mass is 16.3. The molecule has 0 radical (unpaired) electrons. The van der Waals surface area contributed by atoms with Crippen LogP contribution in [0.4, 0.5) is 10.5 Å². The smallest absolute Gasteiger partial charge is 0.319 e. The Morgan fingerprint density at radius 2 is 1.96 bits per heavy atom. The van der Waals surface area contributed by atoms with E-state index in [4.69, 9.17) is 5.11 Å². The van der Waals surface area contributed by atoms with Crippen LogP contribution in [0.2, 0.25) is 0 Å². The summed E-state index contributed by atoms with van der Waals surface area (Å²) in [4.78, 5) is 12.0. The fourth-order valence-corrected chi connectivity index (χ4v) is 2.72. The topological polar surface area (TPSA) is 79.2 Å². The van der Waals surface area contributed by atoms with Crippen LogP contribution < -0.4 is 10.6 Å². The molecule has 1 aromatic heterocycles. The lowest BCUT2D eigenvalue weighted by molar-refractivity contribution is 0.245. The molecular weight excluding hydrogens is 316 g/mol. The highest BCUT2D eigenvalue weighted by Crippen LogP contribution is 2.19. The quantitative estimate of drug-likeness (QED) is 0.645. The summed E-state index contributed by atoms with van der Waals surface area (Å²) in [5, 5.41) is 20.0. The Bertz CT molecular complexity index is 842. The van der Waals surface area contributed by atoms with Gasteiger partial charge < -0.3 is 15.7 Å². The summed E-state index contributed by atoms with van der Waals surface area (Å²) in [6, 6.07) is 15.3. The minimum atomic E-state index is -0.247. The molecule has 0 spiro atoms. The molecule has 1 atom stereocenters. The number of hydrogen-bond acceptors (Lipinski definition) is 3. The van der Waals surface area contributed by atoms with Crippen molar-refractivity contribution in [2.45, 2.75) is 25.8 Å². The second kappa shape index (κ2) is 7.81. The number of carbonyl (C=O) groups is 1. The van der Waals surface area contributed by atoms with E-state index in [-0.39, 0.29) is 18.7 Å². The molecular formula is C19H22N4O2. The van der Waals surface area contributed by atoms with E-state index in [0.717, 1.165) is 23.0 Å². The zero-order valence-electron chi connectivity index (χ0n) is 14.1. The monoisotopic (exact) mass is 338 g/mol. The highest BCUT2D eigenvalue weighted by Gasteiger charge is 2.08. The van der Waals surface area contributed by atoms with Crippen LogP contribution in [0.15, 0.2) is 54.7 Å². The van der Waals surface area contributed by atoms with E-state index in [1.165, 1.54) is 0 Å². The number of aromatic nitrogens is 2. The molecule has 1 heterocycles. The number of benzene rings is 2. The number of aliphatic hydroxyl groups is 1. The van der Waals surface area contributed by atoms with Gasteiger partial charge in [-0.2, -0.15) is 5.10 Å². The van der Waals surface area contributed by atoms with E-state index in [0.29, 0.717) is 12.1 Å². The lowest BCUT2D eigenvalue weighted by Gasteiger charge is -2.14. The molecule has 3 rings (SSSR count). The summed E-state index contributed by atoms with van der Waals surface area (Å²) in [6.45, 7) is 2.05. The lowest BCUT2D eigenvalue weighted by atomic mass is 10.2. The number of aliphatic hydroxyl groups excluding tert-OH is 1. The van der Waals surface area contributed by atoms with Crippen molar-refractivity contribution < 1.29 is 9.90 Å². The van der Waals surface area contributed by atoms with Crippen LogP contribution in [0.3, 0.4) is 0 Å². The molecule has 0 aliphatic heterocycles. The van der Waals surface area contributed by atoms with E-state index < -0.39 is 0 Å². The number of amides is 2. The third-order valence-electron chi connectivity index (χ3n) is 4.02. The van der Waals surface area contributed by atoms with Crippen molar-refractivity contribution in [3.8, 4) is 5.69 Å². The standard InChI is InChI=1S/C19H22N4O2/c1-14(5-4-12-24)21-19(25)22-16-8-10-17(11-9-16)23-18-7-3-2-6-15(18)13-20-23/h2-3,6-11,13-14,24H,4-5,12H2,1H3,(H2,21,22,25)/t14-/m1/s1. The number of nitrogens with one attached hydrogen (secondary N) is 2. The number of rotatable bonds is 6. The summed E-state index contributed by atoms with van der Waals surface area (Å²) in [7, 11) is 0. The number of fused-ring (bicyclic) bond motifs is 1. The number of para-hydroxylation sites is 1. The second-order valence-electron chi connectivity index (χ2n) is 6.03. The molecule has 2 aromatic carbocycles. The van der Waals surface area contributed by atoms with Crippen LogP contribution in [0.5, 0.6) is 0 Å². The van der Waals surface area contributed by atoms with Gasteiger partial charge in [0.2, 0.25) is 0 Å². The summed E-state index contributed by atoms with van der Waals surface area (Å²) in [5.41, 5.74) is 2.69. The molecule has 2 amide bonds. The number of nitrogens with zero attached hydrogens (tertiary/aromatic N) is 2. The Morgan fingerprint density at radius 3 is 2.72 bits per heavy atom. The summed E-state index contributed by atoms with van der Waals surface area (Å²) < 4.78 is 1.87. The first-order valence-corrected chi connectivity index (χ1v) is 8.39. The highest BCUT2D eigenvalue weighted by molar-refractivity contribution is 5.89. The summed E-state index contributed by atoms with van der Waals surface area (Å²) >= 11 is 0. The van der Waals surface area contributed by atoms with E-state index in [9.17, 15) is 4.79 Å². The Labute approximate surface area is 146 Å². The van der Waals surface area contributed by atoms with Crippen molar-refractivity contribution in [2.24, 2.45) is 0 Å².